The Balaban J connectivity index is 1.30. The summed E-state index contributed by atoms with van der Waals surface area (Å²) in [4.78, 5) is 15.8. The Kier molecular flexibility index (Phi) is 4.87. The van der Waals surface area contributed by atoms with E-state index in [0.29, 0.717) is 24.3 Å². The Morgan fingerprint density at radius 3 is 2.74 bits per heavy atom. The zero-order valence-electron chi connectivity index (χ0n) is 19.2. The molecule has 7 heteroatoms. The van der Waals surface area contributed by atoms with E-state index >= 15 is 0 Å². The predicted octanol–water partition coefficient (Wildman–Crippen LogP) is 2.54. The quantitative estimate of drug-likeness (QED) is 0.435. The number of hydrogen-bond donors (Lipinski definition) is 5. The van der Waals surface area contributed by atoms with E-state index < -0.39 is 11.0 Å². The first kappa shape index (κ1) is 21.7. The number of aromatic hydroxyl groups is 3. The summed E-state index contributed by atoms with van der Waals surface area (Å²) < 4.78 is 0. The maximum absolute atomic E-state index is 13.3. The van der Waals surface area contributed by atoms with Crippen molar-refractivity contribution >= 4 is 5.91 Å². The number of piperidine rings is 1. The van der Waals surface area contributed by atoms with E-state index in [9.17, 15) is 25.2 Å². The highest BCUT2D eigenvalue weighted by Gasteiger charge is 2.68. The lowest BCUT2D eigenvalue weighted by Gasteiger charge is -2.59. The second-order valence-corrected chi connectivity index (χ2v) is 10.9. The summed E-state index contributed by atoms with van der Waals surface area (Å²) in [5.74, 6) is -0.0552. The molecule has 2 saturated carbocycles. The molecule has 1 heterocycles. The number of benzene rings is 2. The summed E-state index contributed by atoms with van der Waals surface area (Å²) in [6.45, 7) is 2.00. The molecule has 0 spiro atoms. The molecule has 1 amide bonds. The van der Waals surface area contributed by atoms with Crippen LogP contribution in [0, 0.1) is 11.8 Å². The van der Waals surface area contributed by atoms with E-state index in [1.54, 1.807) is 24.3 Å². The predicted molar refractivity (Wildman–Crippen MR) is 125 cm³/mol. The highest BCUT2D eigenvalue weighted by atomic mass is 16.3. The van der Waals surface area contributed by atoms with Gasteiger partial charge in [-0.25, -0.2) is 0 Å². The van der Waals surface area contributed by atoms with E-state index in [0.717, 1.165) is 31.5 Å². The summed E-state index contributed by atoms with van der Waals surface area (Å²) in [5, 5.41) is 45.3. The molecule has 6 rings (SSSR count). The summed E-state index contributed by atoms with van der Waals surface area (Å²) in [5.41, 5.74) is 1.03. The lowest BCUT2D eigenvalue weighted by atomic mass is 9.56. The standard InChI is InChI=1S/C27H32N2O5/c30-20-7-6-17-10-23-27(34)13-19(25(33)28-14-18-2-1-3-22(31)24(18)32)12-26(27,21(17)11-20)8-9-29(23)15-16-4-5-16/h1-3,6-7,11,16,19,23,30-32,34H,4-5,8-10,12-15H2,(H,28,33)/t19-,23+,26+,27+/m0/s1. The van der Waals surface area contributed by atoms with Gasteiger partial charge in [-0.3, -0.25) is 9.69 Å². The number of phenols is 3. The number of hydrogen-bond acceptors (Lipinski definition) is 6. The van der Waals surface area contributed by atoms with Crippen LogP contribution in [0.1, 0.15) is 48.8 Å². The maximum Gasteiger partial charge on any atom is 0.223 e. The van der Waals surface area contributed by atoms with Crippen LogP contribution in [0.25, 0.3) is 0 Å². The van der Waals surface area contributed by atoms with Crippen molar-refractivity contribution in [2.24, 2.45) is 11.8 Å². The molecule has 0 unspecified atom stereocenters. The zero-order valence-corrected chi connectivity index (χ0v) is 19.2. The minimum absolute atomic E-state index is 0.0354. The Morgan fingerprint density at radius 1 is 1.12 bits per heavy atom. The van der Waals surface area contributed by atoms with Gasteiger partial charge in [0.15, 0.2) is 11.5 Å². The number of likely N-dealkylation sites (tertiary alicyclic amines) is 1. The molecule has 4 atom stereocenters. The van der Waals surface area contributed by atoms with Crippen molar-refractivity contribution in [1.82, 2.24) is 10.2 Å². The van der Waals surface area contributed by atoms with Crippen molar-refractivity contribution in [1.29, 1.82) is 0 Å². The molecular formula is C27H32N2O5. The molecule has 2 aromatic rings. The van der Waals surface area contributed by atoms with E-state index in [4.69, 9.17) is 0 Å². The Labute approximate surface area is 199 Å². The highest BCUT2D eigenvalue weighted by molar-refractivity contribution is 5.80. The topological polar surface area (TPSA) is 113 Å². The molecule has 1 aliphatic heterocycles. The molecule has 0 aromatic heterocycles. The number of aliphatic hydroxyl groups is 1. The summed E-state index contributed by atoms with van der Waals surface area (Å²) in [6, 6.07) is 10.2. The Morgan fingerprint density at radius 2 is 1.94 bits per heavy atom. The van der Waals surface area contributed by atoms with Gasteiger partial charge in [0, 0.05) is 36.0 Å². The van der Waals surface area contributed by atoms with Gasteiger partial charge in [-0.15, -0.1) is 0 Å². The SMILES string of the molecule is O=C(NCc1cccc(O)c1O)[C@H]1C[C@]23CCN(CC4CC4)[C@H](Cc4ccc(O)cc42)[C@]3(O)C1. The fourth-order valence-electron chi connectivity index (χ4n) is 7.06. The number of nitrogens with one attached hydrogen (secondary N) is 1. The van der Waals surface area contributed by atoms with Crippen LogP contribution in [0.5, 0.6) is 17.2 Å². The van der Waals surface area contributed by atoms with Gasteiger partial charge in [0.1, 0.15) is 5.75 Å². The molecule has 4 aliphatic rings. The van der Waals surface area contributed by atoms with Crippen LogP contribution in [0.2, 0.25) is 0 Å². The van der Waals surface area contributed by atoms with Gasteiger partial charge < -0.3 is 25.7 Å². The van der Waals surface area contributed by atoms with Crippen LogP contribution in [0.15, 0.2) is 36.4 Å². The summed E-state index contributed by atoms with van der Waals surface area (Å²) >= 11 is 0. The van der Waals surface area contributed by atoms with Crippen LogP contribution in [0.3, 0.4) is 0 Å². The molecular weight excluding hydrogens is 432 g/mol. The molecule has 7 nitrogen and oxygen atoms in total. The van der Waals surface area contributed by atoms with Gasteiger partial charge in [-0.2, -0.15) is 0 Å². The number of rotatable bonds is 5. The Bertz CT molecular complexity index is 1150. The van der Waals surface area contributed by atoms with E-state index in [1.165, 1.54) is 24.5 Å². The number of nitrogens with zero attached hydrogens (tertiary/aromatic N) is 1. The van der Waals surface area contributed by atoms with Gasteiger partial charge in [0.05, 0.1) is 5.60 Å². The number of fused-ring (bicyclic) bond motifs is 1. The maximum atomic E-state index is 13.3. The van der Waals surface area contributed by atoms with E-state index in [2.05, 4.69) is 10.2 Å². The molecule has 1 saturated heterocycles. The van der Waals surface area contributed by atoms with E-state index in [-0.39, 0.29) is 41.7 Å². The number of carbonyl (C=O) groups is 1. The first-order chi connectivity index (χ1) is 16.3. The molecule has 2 aromatic carbocycles. The number of para-hydroxylation sites is 1. The van der Waals surface area contributed by atoms with Crippen molar-refractivity contribution in [3.8, 4) is 17.2 Å². The van der Waals surface area contributed by atoms with Crippen molar-refractivity contribution in [2.75, 3.05) is 13.1 Å². The summed E-state index contributed by atoms with van der Waals surface area (Å²) in [7, 11) is 0. The molecule has 3 fully saturated rings. The third-order valence-electron chi connectivity index (χ3n) is 8.93. The monoisotopic (exact) mass is 464 g/mol. The molecule has 5 N–H and O–H groups in total. The average Bonchev–Trinajstić information content (AvgIpc) is 3.56. The van der Waals surface area contributed by atoms with Gasteiger partial charge in [0.2, 0.25) is 5.91 Å². The molecule has 180 valence electrons. The molecule has 3 aliphatic carbocycles. The minimum Gasteiger partial charge on any atom is -0.508 e. The van der Waals surface area contributed by atoms with Crippen molar-refractivity contribution in [3.05, 3.63) is 53.1 Å². The second-order valence-electron chi connectivity index (χ2n) is 10.9. The fourth-order valence-corrected chi connectivity index (χ4v) is 7.06. The van der Waals surface area contributed by atoms with E-state index in [1.807, 2.05) is 6.07 Å². The van der Waals surface area contributed by atoms with Crippen LogP contribution in [0.4, 0.5) is 0 Å². The minimum atomic E-state index is -1.03. The van der Waals surface area contributed by atoms with Gasteiger partial charge >= 0.3 is 0 Å². The van der Waals surface area contributed by atoms with Crippen molar-refractivity contribution in [2.45, 2.75) is 62.1 Å². The Hall–Kier alpha value is -2.77. The molecule has 2 bridgehead atoms. The molecule has 34 heavy (non-hydrogen) atoms. The van der Waals surface area contributed by atoms with Crippen molar-refractivity contribution < 1.29 is 25.2 Å². The largest absolute Gasteiger partial charge is 0.508 e. The molecule has 0 radical (unpaired) electrons. The smallest absolute Gasteiger partial charge is 0.223 e. The van der Waals surface area contributed by atoms with Crippen LogP contribution < -0.4 is 5.32 Å². The third-order valence-corrected chi connectivity index (χ3v) is 8.93. The number of amides is 1. The van der Waals surface area contributed by atoms with Crippen LogP contribution in [-0.4, -0.2) is 56.0 Å². The normalized spacial score (nSPS) is 32.1. The average molecular weight is 465 g/mol. The van der Waals surface area contributed by atoms with Gasteiger partial charge in [-0.05, 0) is 80.3 Å². The second kappa shape index (κ2) is 7.62. The van der Waals surface area contributed by atoms with Gasteiger partial charge in [0.25, 0.3) is 0 Å². The van der Waals surface area contributed by atoms with Crippen LogP contribution >= 0.6 is 0 Å². The van der Waals surface area contributed by atoms with Crippen molar-refractivity contribution in [3.63, 3.8) is 0 Å². The highest BCUT2D eigenvalue weighted by Crippen LogP contribution is 2.62. The first-order valence-corrected chi connectivity index (χ1v) is 12.4. The third kappa shape index (κ3) is 3.21. The van der Waals surface area contributed by atoms with Gasteiger partial charge in [-0.1, -0.05) is 18.2 Å². The first-order valence-electron chi connectivity index (χ1n) is 12.4. The fraction of sp³-hybridized carbons (Fsp3) is 0.519. The lowest BCUT2D eigenvalue weighted by molar-refractivity contribution is -0.134. The zero-order chi connectivity index (χ0) is 23.7. The van der Waals surface area contributed by atoms with Crippen LogP contribution in [-0.2, 0) is 23.2 Å². The summed E-state index contributed by atoms with van der Waals surface area (Å²) in [6.07, 6.45) is 4.91. The number of phenolic OH excluding ortho intramolecular Hbond substituents is 3. The lowest BCUT2D eigenvalue weighted by Crippen LogP contribution is -2.69. The number of carbonyl (C=O) groups excluding carboxylic acids is 1.